The summed E-state index contributed by atoms with van der Waals surface area (Å²) in [6.07, 6.45) is 14.3. The molecule has 0 fully saturated rings. The highest BCUT2D eigenvalue weighted by atomic mass is 35.5. The van der Waals surface area contributed by atoms with Crippen LogP contribution in [0.4, 0.5) is 0 Å². The molecule has 0 heterocycles. The van der Waals surface area contributed by atoms with Crippen molar-refractivity contribution in [2.45, 2.75) is 96.7 Å². The molecular weight excluding hydrogens is 296 g/mol. The van der Waals surface area contributed by atoms with Crippen molar-refractivity contribution in [1.29, 1.82) is 0 Å². The van der Waals surface area contributed by atoms with Gasteiger partial charge in [0.05, 0.1) is 0 Å². The van der Waals surface area contributed by atoms with Crippen LogP contribution in [0.5, 0.6) is 0 Å². The monoisotopic (exact) mass is 328 g/mol. The molecule has 0 spiro atoms. The second-order valence-electron chi connectivity index (χ2n) is 6.94. The summed E-state index contributed by atoms with van der Waals surface area (Å²) in [5.74, 6) is 3.34. The van der Waals surface area contributed by atoms with E-state index in [0.29, 0.717) is 6.42 Å². The summed E-state index contributed by atoms with van der Waals surface area (Å²) < 4.78 is 0. The van der Waals surface area contributed by atoms with Crippen LogP contribution in [0.1, 0.15) is 77.0 Å². The summed E-state index contributed by atoms with van der Waals surface area (Å²) in [7, 11) is -1.15. The highest BCUT2D eigenvalue weighted by molar-refractivity contribution is 6.83. The zero-order valence-electron chi connectivity index (χ0n) is 14.3. The number of carbonyl (C=O) groups is 1. The Morgan fingerprint density at radius 3 is 1.67 bits per heavy atom. The Labute approximate surface area is 138 Å². The maximum atomic E-state index is 10.6. The smallest absolute Gasteiger partial charge is 0.221 e. The number of rotatable bonds is 12. The van der Waals surface area contributed by atoms with E-state index in [1.54, 1.807) is 0 Å². The molecule has 0 atom stereocenters. The van der Waals surface area contributed by atoms with E-state index in [1.807, 2.05) is 0 Å². The molecule has 122 valence electrons. The van der Waals surface area contributed by atoms with Gasteiger partial charge in [0, 0.05) is 12.8 Å². The molecule has 0 unspecified atom stereocenters. The van der Waals surface area contributed by atoms with Crippen molar-refractivity contribution in [3.63, 3.8) is 0 Å². The summed E-state index contributed by atoms with van der Waals surface area (Å²) in [6, 6.07) is 0. The Morgan fingerprint density at radius 2 is 1.24 bits per heavy atom. The van der Waals surface area contributed by atoms with Crippen molar-refractivity contribution in [3.05, 3.63) is 0 Å². The number of carbonyl (C=O) groups excluding carboxylic acids is 1. The minimum Gasteiger partial charge on any atom is -0.281 e. The molecule has 0 aliphatic heterocycles. The molecule has 3 heteroatoms. The molecule has 1 nitrogen and oxygen atoms in total. The fourth-order valence-corrected chi connectivity index (χ4v) is 3.01. The number of unbranched alkanes of at least 4 members (excludes halogenated alkanes) is 10. The van der Waals surface area contributed by atoms with Crippen molar-refractivity contribution in [3.8, 4) is 11.5 Å². The molecule has 0 aromatic rings. The van der Waals surface area contributed by atoms with Crippen LogP contribution in [0.15, 0.2) is 0 Å². The summed E-state index contributed by atoms with van der Waals surface area (Å²) in [4.78, 5) is 10.6. The van der Waals surface area contributed by atoms with Crippen molar-refractivity contribution in [2.75, 3.05) is 0 Å². The fraction of sp³-hybridized carbons (Fsp3) is 0.833. The average Bonchev–Trinajstić information content (AvgIpc) is 2.37. The van der Waals surface area contributed by atoms with Gasteiger partial charge in [0.1, 0.15) is 8.07 Å². The van der Waals surface area contributed by atoms with Gasteiger partial charge in [-0.15, -0.1) is 11.5 Å². The van der Waals surface area contributed by atoms with Gasteiger partial charge in [0.15, 0.2) is 0 Å². The van der Waals surface area contributed by atoms with Crippen molar-refractivity contribution >= 4 is 24.9 Å². The lowest BCUT2D eigenvalue weighted by Gasteiger charge is -2.03. The normalized spacial score (nSPS) is 11.0. The van der Waals surface area contributed by atoms with Crippen molar-refractivity contribution < 1.29 is 4.79 Å². The highest BCUT2D eigenvalue weighted by Gasteiger charge is 2.06. The largest absolute Gasteiger partial charge is 0.281 e. The van der Waals surface area contributed by atoms with E-state index in [1.165, 1.54) is 51.4 Å². The van der Waals surface area contributed by atoms with Gasteiger partial charge in [-0.2, -0.15) is 0 Å². The van der Waals surface area contributed by atoms with Gasteiger partial charge in [-0.05, 0) is 24.4 Å². The van der Waals surface area contributed by atoms with E-state index < -0.39 is 8.07 Å². The molecule has 0 bridgehead atoms. The second kappa shape index (κ2) is 13.4. The topological polar surface area (TPSA) is 17.1 Å². The summed E-state index contributed by atoms with van der Waals surface area (Å²) >= 11 is 5.30. The third-order valence-electron chi connectivity index (χ3n) is 3.39. The lowest BCUT2D eigenvalue weighted by Crippen LogP contribution is -2.16. The van der Waals surface area contributed by atoms with Crippen LogP contribution in [0.3, 0.4) is 0 Å². The van der Waals surface area contributed by atoms with Crippen LogP contribution in [0.25, 0.3) is 0 Å². The molecule has 0 saturated carbocycles. The number of hydrogen-bond donors (Lipinski definition) is 0. The van der Waals surface area contributed by atoms with Gasteiger partial charge in [0.25, 0.3) is 0 Å². The zero-order chi connectivity index (χ0) is 16.0. The maximum absolute atomic E-state index is 10.6. The van der Waals surface area contributed by atoms with Crippen LogP contribution in [0, 0.1) is 11.5 Å². The van der Waals surface area contributed by atoms with Gasteiger partial charge >= 0.3 is 0 Å². The first-order chi connectivity index (χ1) is 9.92. The molecule has 0 radical (unpaired) electrons. The third-order valence-corrected chi connectivity index (χ3v) is 4.50. The Kier molecular flexibility index (Phi) is 13.2. The predicted octanol–water partition coefficient (Wildman–Crippen LogP) is 6.31. The quantitative estimate of drug-likeness (QED) is 0.177. The first-order valence-electron chi connectivity index (χ1n) is 8.60. The molecule has 0 aromatic carbocycles. The summed E-state index contributed by atoms with van der Waals surface area (Å²) in [6.45, 7) is 6.90. The second-order valence-corrected chi connectivity index (χ2v) is 12.1. The Hall–Kier alpha value is -0.263. The molecule has 0 rings (SSSR count). The molecule has 0 aliphatic rings. The first kappa shape index (κ1) is 20.7. The molecule has 0 aromatic heterocycles. The number of halogens is 1. The maximum Gasteiger partial charge on any atom is 0.221 e. The van der Waals surface area contributed by atoms with Crippen LogP contribution >= 0.6 is 11.6 Å². The third kappa shape index (κ3) is 19.7. The number of hydrogen-bond acceptors (Lipinski definition) is 1. The van der Waals surface area contributed by atoms with Crippen LogP contribution in [-0.4, -0.2) is 13.3 Å². The Morgan fingerprint density at radius 1 is 0.810 bits per heavy atom. The summed E-state index contributed by atoms with van der Waals surface area (Å²) in [5.41, 5.74) is 3.42. The fourth-order valence-electron chi connectivity index (χ4n) is 2.22. The van der Waals surface area contributed by atoms with E-state index >= 15 is 0 Å². The summed E-state index contributed by atoms with van der Waals surface area (Å²) in [5, 5.41) is -0.190. The SMILES string of the molecule is C[Si](C)(C)C#CCCCCCCCCCCCCC(=O)Cl. The molecule has 0 aliphatic carbocycles. The molecule has 0 amide bonds. The van der Waals surface area contributed by atoms with Gasteiger partial charge in [0.2, 0.25) is 5.24 Å². The van der Waals surface area contributed by atoms with Crippen molar-refractivity contribution in [2.24, 2.45) is 0 Å². The molecule has 0 saturated heterocycles. The van der Waals surface area contributed by atoms with E-state index in [0.717, 1.165) is 19.3 Å². The van der Waals surface area contributed by atoms with Crippen molar-refractivity contribution in [1.82, 2.24) is 0 Å². The zero-order valence-corrected chi connectivity index (χ0v) is 16.0. The molecule has 21 heavy (non-hydrogen) atoms. The highest BCUT2D eigenvalue weighted by Crippen LogP contribution is 2.12. The lowest BCUT2D eigenvalue weighted by molar-refractivity contribution is -0.111. The van der Waals surface area contributed by atoms with E-state index in [2.05, 4.69) is 31.1 Å². The molecule has 0 N–H and O–H groups in total. The average molecular weight is 329 g/mol. The van der Waals surface area contributed by atoms with Gasteiger partial charge in [-0.3, -0.25) is 4.79 Å². The standard InChI is InChI=1S/C18H33ClOSi/c1-21(2,3)17-15-13-11-9-7-5-4-6-8-10-12-14-16-18(19)20/h4-14,16H2,1-3H3. The van der Waals surface area contributed by atoms with E-state index in [4.69, 9.17) is 11.6 Å². The van der Waals surface area contributed by atoms with Gasteiger partial charge < -0.3 is 0 Å². The van der Waals surface area contributed by atoms with Crippen LogP contribution in [-0.2, 0) is 4.79 Å². The minimum atomic E-state index is -1.15. The first-order valence-corrected chi connectivity index (χ1v) is 12.5. The minimum absolute atomic E-state index is 0.190. The van der Waals surface area contributed by atoms with Gasteiger partial charge in [-0.25, -0.2) is 0 Å². The van der Waals surface area contributed by atoms with E-state index in [9.17, 15) is 4.79 Å². The van der Waals surface area contributed by atoms with Crippen LogP contribution < -0.4 is 0 Å². The lowest BCUT2D eigenvalue weighted by atomic mass is 10.1. The molecular formula is C18H33ClOSi. The Bertz CT molecular complexity index is 322. The Balaban J connectivity index is 3.15. The van der Waals surface area contributed by atoms with Gasteiger partial charge in [-0.1, -0.05) is 71.0 Å². The predicted molar refractivity (Wildman–Crippen MR) is 97.4 cm³/mol. The van der Waals surface area contributed by atoms with Crippen LogP contribution in [0.2, 0.25) is 19.6 Å². The van der Waals surface area contributed by atoms with E-state index in [-0.39, 0.29) is 5.24 Å².